The molecule has 27 heavy (non-hydrogen) atoms. The van der Waals surface area contributed by atoms with Crippen LogP contribution >= 0.6 is 0 Å². The molecule has 0 spiro atoms. The van der Waals surface area contributed by atoms with Gasteiger partial charge in [-0.3, -0.25) is 0 Å². The monoisotopic (exact) mass is 373 g/mol. The summed E-state index contributed by atoms with van der Waals surface area (Å²) in [5, 5.41) is 5.39. The molecular weight excluding hydrogens is 349 g/mol. The van der Waals surface area contributed by atoms with Gasteiger partial charge in [-0.25, -0.2) is 9.18 Å². The van der Waals surface area contributed by atoms with Crippen molar-refractivity contribution in [3.63, 3.8) is 0 Å². The fraction of sp³-hybridized carbons (Fsp3) is 0.350. The molecule has 2 aromatic carbocycles. The van der Waals surface area contributed by atoms with Crippen LogP contribution in [0.25, 0.3) is 0 Å². The number of nitrogens with one attached hydrogen (secondary N) is 2. The molecule has 1 aliphatic rings. The van der Waals surface area contributed by atoms with Gasteiger partial charge in [0.2, 0.25) is 0 Å². The average Bonchev–Trinajstić information content (AvgIpc) is 2.70. The molecule has 0 bridgehead atoms. The Bertz CT molecular complexity index is 762. The van der Waals surface area contributed by atoms with Gasteiger partial charge in [-0.1, -0.05) is 12.1 Å². The number of hydrogen-bond acceptors (Lipinski definition) is 4. The van der Waals surface area contributed by atoms with E-state index >= 15 is 0 Å². The Kier molecular flexibility index (Phi) is 6.49. The third kappa shape index (κ3) is 5.34. The van der Waals surface area contributed by atoms with Crippen molar-refractivity contribution in [2.24, 2.45) is 0 Å². The lowest BCUT2D eigenvalue weighted by molar-refractivity contribution is 0.122. The first-order chi connectivity index (χ1) is 13.2. The largest absolute Gasteiger partial charge is 0.491 e. The Morgan fingerprint density at radius 1 is 1.19 bits per heavy atom. The van der Waals surface area contributed by atoms with E-state index in [4.69, 9.17) is 9.47 Å². The Morgan fingerprint density at radius 2 is 1.93 bits per heavy atom. The summed E-state index contributed by atoms with van der Waals surface area (Å²) >= 11 is 0. The van der Waals surface area contributed by atoms with Gasteiger partial charge >= 0.3 is 6.03 Å². The maximum atomic E-state index is 13.8. The van der Waals surface area contributed by atoms with E-state index in [0.717, 1.165) is 37.6 Å². The number of benzene rings is 2. The van der Waals surface area contributed by atoms with E-state index in [1.807, 2.05) is 24.3 Å². The lowest BCUT2D eigenvalue weighted by atomic mass is 10.2. The van der Waals surface area contributed by atoms with Crippen LogP contribution in [-0.2, 0) is 11.3 Å². The molecule has 6 nitrogen and oxygen atoms in total. The summed E-state index contributed by atoms with van der Waals surface area (Å²) in [6.07, 6.45) is 0. The van der Waals surface area contributed by atoms with Crippen molar-refractivity contribution >= 4 is 17.4 Å². The van der Waals surface area contributed by atoms with Crippen LogP contribution in [0.5, 0.6) is 5.75 Å². The minimum Gasteiger partial charge on any atom is -0.491 e. The molecule has 3 rings (SSSR count). The highest BCUT2D eigenvalue weighted by Gasteiger charge is 2.11. The highest BCUT2D eigenvalue weighted by molar-refractivity contribution is 5.89. The average molecular weight is 373 g/mol. The van der Waals surface area contributed by atoms with Crippen molar-refractivity contribution in [2.45, 2.75) is 13.5 Å². The van der Waals surface area contributed by atoms with Gasteiger partial charge in [0.15, 0.2) is 11.6 Å². The molecule has 144 valence electrons. The number of hydrogen-bond donors (Lipinski definition) is 2. The van der Waals surface area contributed by atoms with E-state index in [1.54, 1.807) is 13.0 Å². The molecule has 7 heteroatoms. The molecule has 1 heterocycles. The number of morpholine rings is 1. The molecular formula is C20H24FN3O3. The number of amides is 2. The van der Waals surface area contributed by atoms with Gasteiger partial charge in [-0.15, -0.1) is 0 Å². The van der Waals surface area contributed by atoms with Crippen molar-refractivity contribution in [1.82, 2.24) is 5.32 Å². The molecule has 1 saturated heterocycles. The highest BCUT2D eigenvalue weighted by atomic mass is 19.1. The molecule has 0 radical (unpaired) electrons. The van der Waals surface area contributed by atoms with Gasteiger partial charge in [0.25, 0.3) is 0 Å². The van der Waals surface area contributed by atoms with E-state index in [1.165, 1.54) is 12.1 Å². The zero-order chi connectivity index (χ0) is 19.1. The van der Waals surface area contributed by atoms with E-state index < -0.39 is 11.8 Å². The van der Waals surface area contributed by atoms with Crippen LogP contribution < -0.4 is 20.3 Å². The van der Waals surface area contributed by atoms with Crippen LogP contribution in [0.4, 0.5) is 20.6 Å². The highest BCUT2D eigenvalue weighted by Crippen LogP contribution is 2.21. The van der Waals surface area contributed by atoms with Crippen molar-refractivity contribution in [3.05, 3.63) is 53.8 Å². The predicted octanol–water partition coefficient (Wildman–Crippen LogP) is 3.38. The summed E-state index contributed by atoms with van der Waals surface area (Å²) in [5.74, 6) is -0.336. The summed E-state index contributed by atoms with van der Waals surface area (Å²) in [6, 6.07) is 12.0. The number of rotatable bonds is 6. The lowest BCUT2D eigenvalue weighted by Crippen LogP contribution is -2.36. The fourth-order valence-electron chi connectivity index (χ4n) is 2.85. The molecule has 2 aromatic rings. The van der Waals surface area contributed by atoms with E-state index in [9.17, 15) is 9.18 Å². The normalized spacial score (nSPS) is 13.9. The maximum absolute atomic E-state index is 13.8. The molecule has 1 aliphatic heterocycles. The van der Waals surface area contributed by atoms with Crippen LogP contribution in [0.1, 0.15) is 12.5 Å². The second-order valence-electron chi connectivity index (χ2n) is 6.15. The zero-order valence-electron chi connectivity index (χ0n) is 15.3. The molecule has 2 N–H and O–H groups in total. The Labute approximate surface area is 158 Å². The van der Waals surface area contributed by atoms with Gasteiger partial charge in [-0.2, -0.15) is 0 Å². The molecule has 0 saturated carbocycles. The van der Waals surface area contributed by atoms with E-state index in [2.05, 4.69) is 15.5 Å². The number of carbonyl (C=O) groups is 1. The standard InChI is InChI=1S/C20H24FN3O3/c1-2-27-19-8-5-16(13-18(19)21)23-20(25)22-14-15-3-6-17(7-4-15)24-9-11-26-12-10-24/h3-8,13H,2,9-12,14H2,1H3,(H2,22,23,25). The Hall–Kier alpha value is -2.80. The Balaban J connectivity index is 1.49. The minimum absolute atomic E-state index is 0.170. The fourth-order valence-corrected chi connectivity index (χ4v) is 2.85. The maximum Gasteiger partial charge on any atom is 0.319 e. The number of carbonyl (C=O) groups excluding carboxylic acids is 1. The van der Waals surface area contributed by atoms with Crippen molar-refractivity contribution in [3.8, 4) is 5.75 Å². The number of halogens is 1. The van der Waals surface area contributed by atoms with Crippen LogP contribution in [0.3, 0.4) is 0 Å². The number of ether oxygens (including phenoxy) is 2. The van der Waals surface area contributed by atoms with E-state index in [0.29, 0.717) is 18.8 Å². The first-order valence-corrected chi connectivity index (χ1v) is 9.04. The van der Waals surface area contributed by atoms with Gasteiger partial charge in [-0.05, 0) is 36.8 Å². The number of nitrogens with zero attached hydrogens (tertiary/aromatic N) is 1. The molecule has 0 aromatic heterocycles. The first-order valence-electron chi connectivity index (χ1n) is 9.04. The van der Waals surface area contributed by atoms with Gasteiger partial charge < -0.3 is 25.0 Å². The second kappa shape index (κ2) is 9.23. The summed E-state index contributed by atoms with van der Waals surface area (Å²) in [5.41, 5.74) is 2.51. The predicted molar refractivity (Wildman–Crippen MR) is 103 cm³/mol. The van der Waals surface area contributed by atoms with Crippen molar-refractivity contribution in [2.75, 3.05) is 43.1 Å². The summed E-state index contributed by atoms with van der Waals surface area (Å²) < 4.78 is 24.3. The molecule has 2 amide bonds. The second-order valence-corrected chi connectivity index (χ2v) is 6.15. The van der Waals surface area contributed by atoms with Crippen molar-refractivity contribution in [1.29, 1.82) is 0 Å². The molecule has 0 unspecified atom stereocenters. The van der Waals surface area contributed by atoms with Gasteiger partial charge in [0, 0.05) is 37.1 Å². The smallest absolute Gasteiger partial charge is 0.319 e. The van der Waals surface area contributed by atoms with Gasteiger partial charge in [0.1, 0.15) is 0 Å². The summed E-state index contributed by atoms with van der Waals surface area (Å²) in [4.78, 5) is 14.3. The summed E-state index contributed by atoms with van der Waals surface area (Å²) in [7, 11) is 0. The SMILES string of the molecule is CCOc1ccc(NC(=O)NCc2ccc(N3CCOCC3)cc2)cc1F. The van der Waals surface area contributed by atoms with E-state index in [-0.39, 0.29) is 5.75 Å². The van der Waals surface area contributed by atoms with Crippen LogP contribution in [0, 0.1) is 5.82 Å². The molecule has 0 atom stereocenters. The first kappa shape index (κ1) is 19.0. The van der Waals surface area contributed by atoms with Crippen molar-refractivity contribution < 1.29 is 18.7 Å². The van der Waals surface area contributed by atoms with Crippen LogP contribution in [0.15, 0.2) is 42.5 Å². The summed E-state index contributed by atoms with van der Waals surface area (Å²) in [6.45, 7) is 5.82. The topological polar surface area (TPSA) is 62.8 Å². The number of anilines is 2. The minimum atomic E-state index is -0.506. The Morgan fingerprint density at radius 3 is 2.59 bits per heavy atom. The molecule has 0 aliphatic carbocycles. The van der Waals surface area contributed by atoms with Crippen LogP contribution in [-0.4, -0.2) is 38.9 Å². The third-order valence-electron chi connectivity index (χ3n) is 4.26. The van der Waals surface area contributed by atoms with Gasteiger partial charge in [0.05, 0.1) is 19.8 Å². The lowest BCUT2D eigenvalue weighted by Gasteiger charge is -2.28. The number of urea groups is 1. The molecule has 1 fully saturated rings. The zero-order valence-corrected chi connectivity index (χ0v) is 15.3. The van der Waals surface area contributed by atoms with Crippen LogP contribution in [0.2, 0.25) is 0 Å². The third-order valence-corrected chi connectivity index (χ3v) is 4.26. The quantitative estimate of drug-likeness (QED) is 0.815.